The SMILES string of the molecule is C#CCNC1CCCCC1C(C)C. The van der Waals surface area contributed by atoms with E-state index in [1.807, 2.05) is 0 Å². The number of nitrogens with one attached hydrogen (secondary N) is 1. The monoisotopic (exact) mass is 179 g/mol. The highest BCUT2D eigenvalue weighted by molar-refractivity contribution is 4.91. The Bertz CT molecular complexity index is 178. The summed E-state index contributed by atoms with van der Waals surface area (Å²) in [4.78, 5) is 0. The van der Waals surface area contributed by atoms with E-state index in [0.29, 0.717) is 6.04 Å². The van der Waals surface area contributed by atoms with Gasteiger partial charge in [0.15, 0.2) is 0 Å². The third-order valence-corrected chi connectivity index (χ3v) is 3.14. The van der Waals surface area contributed by atoms with Gasteiger partial charge in [-0.1, -0.05) is 32.6 Å². The van der Waals surface area contributed by atoms with Crippen LogP contribution >= 0.6 is 0 Å². The molecule has 0 aliphatic heterocycles. The van der Waals surface area contributed by atoms with Crippen molar-refractivity contribution in [1.29, 1.82) is 0 Å². The summed E-state index contributed by atoms with van der Waals surface area (Å²) in [6.45, 7) is 5.37. The molecular weight excluding hydrogens is 158 g/mol. The first-order chi connectivity index (χ1) is 6.25. The van der Waals surface area contributed by atoms with Crippen molar-refractivity contribution in [1.82, 2.24) is 5.32 Å². The molecule has 2 unspecified atom stereocenters. The molecule has 1 aliphatic carbocycles. The molecule has 0 spiro atoms. The first-order valence-corrected chi connectivity index (χ1v) is 5.42. The van der Waals surface area contributed by atoms with Gasteiger partial charge in [0, 0.05) is 6.04 Å². The van der Waals surface area contributed by atoms with Crippen LogP contribution in [0.3, 0.4) is 0 Å². The molecule has 13 heavy (non-hydrogen) atoms. The summed E-state index contributed by atoms with van der Waals surface area (Å²) in [5, 5.41) is 3.47. The van der Waals surface area contributed by atoms with Crippen molar-refractivity contribution >= 4 is 0 Å². The van der Waals surface area contributed by atoms with E-state index in [2.05, 4.69) is 25.1 Å². The smallest absolute Gasteiger partial charge is 0.0576 e. The Hall–Kier alpha value is -0.480. The van der Waals surface area contributed by atoms with E-state index in [9.17, 15) is 0 Å². The summed E-state index contributed by atoms with van der Waals surface area (Å²) in [5.74, 6) is 4.29. The van der Waals surface area contributed by atoms with Crippen LogP contribution in [0.15, 0.2) is 0 Å². The van der Waals surface area contributed by atoms with Crippen LogP contribution in [0.2, 0.25) is 0 Å². The highest BCUT2D eigenvalue weighted by Gasteiger charge is 2.26. The van der Waals surface area contributed by atoms with Gasteiger partial charge in [0.25, 0.3) is 0 Å². The molecule has 74 valence electrons. The first-order valence-electron chi connectivity index (χ1n) is 5.42. The molecule has 1 heteroatoms. The second kappa shape index (κ2) is 5.29. The van der Waals surface area contributed by atoms with Crippen LogP contribution in [0.1, 0.15) is 39.5 Å². The summed E-state index contributed by atoms with van der Waals surface area (Å²) in [6, 6.07) is 0.671. The van der Waals surface area contributed by atoms with Crippen LogP contribution in [0, 0.1) is 24.2 Å². The average molecular weight is 179 g/mol. The van der Waals surface area contributed by atoms with Crippen molar-refractivity contribution in [2.75, 3.05) is 6.54 Å². The molecule has 0 saturated heterocycles. The summed E-state index contributed by atoms with van der Waals surface area (Å²) in [7, 11) is 0. The number of hydrogen-bond donors (Lipinski definition) is 1. The van der Waals surface area contributed by atoms with Gasteiger partial charge in [0.2, 0.25) is 0 Å². The molecule has 0 bridgehead atoms. The van der Waals surface area contributed by atoms with Crippen LogP contribution < -0.4 is 5.32 Å². The first kappa shape index (κ1) is 10.6. The molecule has 1 fully saturated rings. The second-order valence-electron chi connectivity index (χ2n) is 4.38. The van der Waals surface area contributed by atoms with Gasteiger partial charge in [-0.15, -0.1) is 6.42 Å². The Morgan fingerprint density at radius 2 is 2.08 bits per heavy atom. The topological polar surface area (TPSA) is 12.0 Å². The molecule has 1 nitrogen and oxygen atoms in total. The Kier molecular flexibility index (Phi) is 4.32. The van der Waals surface area contributed by atoms with Gasteiger partial charge in [-0.3, -0.25) is 0 Å². The summed E-state index contributed by atoms with van der Waals surface area (Å²) < 4.78 is 0. The zero-order chi connectivity index (χ0) is 9.68. The molecule has 0 amide bonds. The van der Waals surface area contributed by atoms with Crippen molar-refractivity contribution < 1.29 is 0 Å². The van der Waals surface area contributed by atoms with Crippen molar-refractivity contribution in [2.45, 2.75) is 45.6 Å². The van der Waals surface area contributed by atoms with E-state index in [0.717, 1.165) is 18.4 Å². The highest BCUT2D eigenvalue weighted by atomic mass is 14.9. The van der Waals surface area contributed by atoms with Gasteiger partial charge in [-0.25, -0.2) is 0 Å². The van der Waals surface area contributed by atoms with Crippen molar-refractivity contribution in [3.63, 3.8) is 0 Å². The maximum Gasteiger partial charge on any atom is 0.0576 e. The number of rotatable bonds is 3. The highest BCUT2D eigenvalue weighted by Crippen LogP contribution is 2.29. The standard InChI is InChI=1S/C12H21N/c1-4-9-13-12-8-6-5-7-11(12)10(2)3/h1,10-13H,5-9H2,2-3H3. The molecule has 1 aliphatic rings. The van der Waals surface area contributed by atoms with Gasteiger partial charge in [0.05, 0.1) is 6.54 Å². The van der Waals surface area contributed by atoms with Gasteiger partial charge in [0.1, 0.15) is 0 Å². The van der Waals surface area contributed by atoms with E-state index in [1.54, 1.807) is 0 Å². The van der Waals surface area contributed by atoms with Gasteiger partial charge < -0.3 is 5.32 Å². The van der Waals surface area contributed by atoms with Gasteiger partial charge in [-0.05, 0) is 24.7 Å². The molecule has 0 aromatic rings. The van der Waals surface area contributed by atoms with Gasteiger partial charge >= 0.3 is 0 Å². The molecule has 0 heterocycles. The molecule has 0 aromatic heterocycles. The van der Waals surface area contributed by atoms with Crippen molar-refractivity contribution in [3.8, 4) is 12.3 Å². The lowest BCUT2D eigenvalue weighted by molar-refractivity contribution is 0.211. The molecule has 0 radical (unpaired) electrons. The second-order valence-corrected chi connectivity index (χ2v) is 4.38. The zero-order valence-electron chi connectivity index (χ0n) is 8.84. The molecule has 1 N–H and O–H groups in total. The summed E-state index contributed by atoms with van der Waals surface area (Å²) in [6.07, 6.45) is 10.7. The Morgan fingerprint density at radius 1 is 1.38 bits per heavy atom. The molecule has 1 saturated carbocycles. The van der Waals surface area contributed by atoms with Crippen LogP contribution in [0.25, 0.3) is 0 Å². The quantitative estimate of drug-likeness (QED) is 0.656. The van der Waals surface area contributed by atoms with Crippen LogP contribution in [-0.4, -0.2) is 12.6 Å². The lowest BCUT2D eigenvalue weighted by atomic mass is 9.78. The van der Waals surface area contributed by atoms with E-state index >= 15 is 0 Å². The van der Waals surface area contributed by atoms with E-state index in [1.165, 1.54) is 25.7 Å². The fraction of sp³-hybridized carbons (Fsp3) is 0.833. The molecule has 2 atom stereocenters. The minimum atomic E-state index is 0.671. The number of hydrogen-bond acceptors (Lipinski definition) is 1. The van der Waals surface area contributed by atoms with E-state index < -0.39 is 0 Å². The fourth-order valence-corrected chi connectivity index (χ4v) is 2.40. The predicted octanol–water partition coefficient (Wildman–Crippen LogP) is 2.42. The van der Waals surface area contributed by atoms with E-state index in [-0.39, 0.29) is 0 Å². The zero-order valence-corrected chi connectivity index (χ0v) is 8.84. The molecular formula is C12H21N. The third kappa shape index (κ3) is 3.04. The molecule has 1 rings (SSSR count). The Labute approximate surface area is 82.3 Å². The third-order valence-electron chi connectivity index (χ3n) is 3.14. The maximum atomic E-state index is 5.25. The molecule has 0 aromatic carbocycles. The lowest BCUT2D eigenvalue weighted by Gasteiger charge is -2.34. The lowest BCUT2D eigenvalue weighted by Crippen LogP contribution is -2.40. The van der Waals surface area contributed by atoms with Gasteiger partial charge in [-0.2, -0.15) is 0 Å². The minimum absolute atomic E-state index is 0.671. The number of terminal acetylenes is 1. The van der Waals surface area contributed by atoms with E-state index in [4.69, 9.17) is 6.42 Å². The average Bonchev–Trinajstić information content (AvgIpc) is 2.15. The van der Waals surface area contributed by atoms with Crippen molar-refractivity contribution in [2.24, 2.45) is 11.8 Å². The fourth-order valence-electron chi connectivity index (χ4n) is 2.40. The Morgan fingerprint density at radius 3 is 2.69 bits per heavy atom. The Balaban J connectivity index is 2.42. The summed E-state index contributed by atoms with van der Waals surface area (Å²) in [5.41, 5.74) is 0. The van der Waals surface area contributed by atoms with Crippen LogP contribution in [0.5, 0.6) is 0 Å². The van der Waals surface area contributed by atoms with Crippen LogP contribution in [-0.2, 0) is 0 Å². The van der Waals surface area contributed by atoms with Crippen LogP contribution in [0.4, 0.5) is 0 Å². The largest absolute Gasteiger partial charge is 0.303 e. The predicted molar refractivity (Wildman–Crippen MR) is 57.4 cm³/mol. The van der Waals surface area contributed by atoms with Crippen molar-refractivity contribution in [3.05, 3.63) is 0 Å². The minimum Gasteiger partial charge on any atom is -0.303 e. The maximum absolute atomic E-state index is 5.25. The normalized spacial score (nSPS) is 28.8. The summed E-state index contributed by atoms with van der Waals surface area (Å²) >= 11 is 0.